The number of carbonyl (C=O) groups is 1. The lowest BCUT2D eigenvalue weighted by atomic mass is 10.1. The molecule has 1 aliphatic heterocycles. The first-order valence-corrected chi connectivity index (χ1v) is 7.90. The molecule has 1 saturated heterocycles. The molecule has 1 aromatic rings. The molecule has 2 rings (SSSR count). The summed E-state index contributed by atoms with van der Waals surface area (Å²) >= 11 is 1.29. The molecule has 0 spiro atoms. The van der Waals surface area contributed by atoms with Crippen LogP contribution in [0.1, 0.15) is 35.9 Å². The average Bonchev–Trinajstić information content (AvgIpc) is 2.86. The van der Waals surface area contributed by atoms with Gasteiger partial charge in [-0.1, -0.05) is 24.2 Å². The first-order chi connectivity index (χ1) is 10.0. The smallest absolute Gasteiger partial charge is 0.266 e. The topological polar surface area (TPSA) is 97.3 Å². The number of hydrogen-bond acceptors (Lipinski definition) is 6. The van der Waals surface area contributed by atoms with E-state index in [0.29, 0.717) is 11.3 Å². The minimum Gasteiger partial charge on any atom is -0.382 e. The van der Waals surface area contributed by atoms with Crippen LogP contribution in [0.25, 0.3) is 0 Å². The van der Waals surface area contributed by atoms with Crippen molar-refractivity contribution in [3.8, 4) is 12.3 Å². The Morgan fingerprint density at radius 3 is 3.10 bits per heavy atom. The Kier molecular flexibility index (Phi) is 5.04. The molecule has 0 bridgehead atoms. The fourth-order valence-electron chi connectivity index (χ4n) is 2.29. The highest BCUT2D eigenvalue weighted by Gasteiger charge is 2.23. The lowest BCUT2D eigenvalue weighted by Crippen LogP contribution is -2.42. The van der Waals surface area contributed by atoms with Crippen LogP contribution in [-0.4, -0.2) is 36.1 Å². The largest absolute Gasteiger partial charge is 0.382 e. The van der Waals surface area contributed by atoms with Gasteiger partial charge in [0.15, 0.2) is 5.13 Å². The molecular weight excluding hydrogens is 286 g/mol. The second-order valence-corrected chi connectivity index (χ2v) is 6.14. The summed E-state index contributed by atoms with van der Waals surface area (Å²) in [6.45, 7) is 3.56. The molecule has 0 aromatic carbocycles. The minimum absolute atomic E-state index is 0.145. The Balaban J connectivity index is 2.12. The molecule has 2 heterocycles. The van der Waals surface area contributed by atoms with E-state index >= 15 is 0 Å². The molecule has 0 saturated carbocycles. The van der Waals surface area contributed by atoms with Crippen molar-refractivity contribution in [2.75, 3.05) is 23.7 Å². The van der Waals surface area contributed by atoms with Gasteiger partial charge < -0.3 is 21.7 Å². The molecule has 5 N–H and O–H groups in total. The van der Waals surface area contributed by atoms with Gasteiger partial charge in [-0.25, -0.2) is 4.98 Å². The van der Waals surface area contributed by atoms with Crippen molar-refractivity contribution in [1.29, 1.82) is 0 Å². The molecule has 2 atom stereocenters. The second kappa shape index (κ2) is 6.78. The van der Waals surface area contributed by atoms with Crippen LogP contribution in [-0.2, 0) is 0 Å². The summed E-state index contributed by atoms with van der Waals surface area (Å²) in [4.78, 5) is 19.0. The number of carbonyl (C=O) groups excluding carboxylic acids is 1. The molecule has 1 fully saturated rings. The van der Waals surface area contributed by atoms with Crippen molar-refractivity contribution in [2.45, 2.75) is 38.3 Å². The Labute approximate surface area is 128 Å². The second-order valence-electron chi connectivity index (χ2n) is 5.16. The number of anilines is 2. The number of aromatic nitrogens is 1. The number of piperidine rings is 1. The molecule has 2 unspecified atom stereocenters. The third-order valence-electron chi connectivity index (χ3n) is 3.49. The van der Waals surface area contributed by atoms with Gasteiger partial charge >= 0.3 is 0 Å². The monoisotopic (exact) mass is 307 g/mol. The number of amides is 1. The lowest BCUT2D eigenvalue weighted by molar-refractivity contribution is 0.0950. The summed E-state index contributed by atoms with van der Waals surface area (Å²) in [6.07, 6.45) is 8.07. The van der Waals surface area contributed by atoms with Gasteiger partial charge in [0.25, 0.3) is 5.91 Å². The molecular formula is C14H21N5OS. The van der Waals surface area contributed by atoms with Gasteiger partial charge in [0.05, 0.1) is 6.04 Å². The Morgan fingerprint density at radius 2 is 2.48 bits per heavy atom. The highest BCUT2D eigenvalue weighted by molar-refractivity contribution is 7.18. The maximum absolute atomic E-state index is 12.2. The SMILES string of the molecule is C#CC(CC)NC(=O)c1sc(N2CCCC(N)C2)nc1N. The van der Waals surface area contributed by atoms with Gasteiger partial charge in [-0.05, 0) is 19.3 Å². The molecule has 0 aliphatic carbocycles. The molecule has 0 radical (unpaired) electrons. The van der Waals surface area contributed by atoms with Gasteiger partial charge in [0.1, 0.15) is 10.7 Å². The predicted octanol–water partition coefficient (Wildman–Crippen LogP) is 0.794. The van der Waals surface area contributed by atoms with Gasteiger partial charge in [-0.2, -0.15) is 0 Å². The van der Waals surface area contributed by atoms with Crippen LogP contribution in [0.4, 0.5) is 10.9 Å². The summed E-state index contributed by atoms with van der Waals surface area (Å²) in [5, 5.41) is 3.52. The van der Waals surface area contributed by atoms with Crippen LogP contribution in [0, 0.1) is 12.3 Å². The van der Waals surface area contributed by atoms with E-state index in [0.717, 1.165) is 31.1 Å². The third-order valence-corrected chi connectivity index (χ3v) is 4.62. The normalized spacial score (nSPS) is 19.9. The van der Waals surface area contributed by atoms with Crippen LogP contribution in [0.2, 0.25) is 0 Å². The fraction of sp³-hybridized carbons (Fsp3) is 0.571. The number of nitrogen functional groups attached to an aromatic ring is 1. The molecule has 1 amide bonds. The van der Waals surface area contributed by atoms with Crippen LogP contribution < -0.4 is 21.7 Å². The zero-order valence-electron chi connectivity index (χ0n) is 12.1. The molecule has 114 valence electrons. The Morgan fingerprint density at radius 1 is 1.71 bits per heavy atom. The van der Waals surface area contributed by atoms with E-state index in [9.17, 15) is 4.79 Å². The lowest BCUT2D eigenvalue weighted by Gasteiger charge is -2.30. The summed E-state index contributed by atoms with van der Waals surface area (Å²) in [6, 6.07) is -0.141. The number of nitrogens with two attached hydrogens (primary N) is 2. The maximum Gasteiger partial charge on any atom is 0.266 e. The van der Waals surface area contributed by atoms with Crippen LogP contribution >= 0.6 is 11.3 Å². The number of nitrogens with one attached hydrogen (secondary N) is 1. The summed E-state index contributed by atoms with van der Waals surface area (Å²) in [5.41, 5.74) is 11.8. The van der Waals surface area contributed by atoms with E-state index in [1.165, 1.54) is 11.3 Å². The van der Waals surface area contributed by atoms with E-state index in [4.69, 9.17) is 17.9 Å². The number of terminal acetylenes is 1. The summed E-state index contributed by atoms with van der Waals surface area (Å²) in [5.74, 6) is 2.52. The average molecular weight is 307 g/mol. The highest BCUT2D eigenvalue weighted by atomic mass is 32.1. The standard InChI is InChI=1S/C14H21N5OS/c1-3-10(4-2)17-13(20)11-12(16)18-14(21-11)19-7-5-6-9(15)8-19/h1,9-10H,4-8,15-16H2,2H3,(H,17,20). The number of nitrogens with zero attached hydrogens (tertiary/aromatic N) is 2. The van der Waals surface area contributed by atoms with E-state index in [2.05, 4.69) is 21.1 Å². The first-order valence-electron chi connectivity index (χ1n) is 7.09. The van der Waals surface area contributed by atoms with Crippen molar-refractivity contribution in [3.05, 3.63) is 4.88 Å². The van der Waals surface area contributed by atoms with Crippen molar-refractivity contribution in [1.82, 2.24) is 10.3 Å². The van der Waals surface area contributed by atoms with E-state index in [1.807, 2.05) is 6.92 Å². The number of thiazole rings is 1. The zero-order valence-corrected chi connectivity index (χ0v) is 12.9. The van der Waals surface area contributed by atoms with E-state index in [1.54, 1.807) is 0 Å². The zero-order chi connectivity index (χ0) is 15.4. The van der Waals surface area contributed by atoms with Gasteiger partial charge in [0, 0.05) is 19.1 Å². The third kappa shape index (κ3) is 3.65. The van der Waals surface area contributed by atoms with Gasteiger partial charge in [-0.3, -0.25) is 4.79 Å². The maximum atomic E-state index is 12.2. The van der Waals surface area contributed by atoms with Crippen LogP contribution in [0.5, 0.6) is 0 Å². The predicted molar refractivity (Wildman–Crippen MR) is 86.3 cm³/mol. The highest BCUT2D eigenvalue weighted by Crippen LogP contribution is 2.29. The van der Waals surface area contributed by atoms with Crippen molar-refractivity contribution < 1.29 is 4.79 Å². The molecule has 7 heteroatoms. The van der Waals surface area contributed by atoms with E-state index < -0.39 is 0 Å². The Bertz CT molecular complexity index is 550. The molecule has 1 aliphatic rings. The van der Waals surface area contributed by atoms with Gasteiger partial charge in [0.2, 0.25) is 0 Å². The quantitative estimate of drug-likeness (QED) is 0.715. The first kappa shape index (κ1) is 15.6. The summed E-state index contributed by atoms with van der Waals surface area (Å²) in [7, 11) is 0. The number of rotatable bonds is 4. The van der Waals surface area contributed by atoms with Crippen molar-refractivity contribution in [3.63, 3.8) is 0 Å². The van der Waals surface area contributed by atoms with E-state index in [-0.39, 0.29) is 23.8 Å². The van der Waals surface area contributed by atoms with Crippen LogP contribution in [0.15, 0.2) is 0 Å². The number of hydrogen-bond donors (Lipinski definition) is 3. The molecule has 6 nitrogen and oxygen atoms in total. The van der Waals surface area contributed by atoms with Crippen molar-refractivity contribution >= 4 is 28.2 Å². The summed E-state index contributed by atoms with van der Waals surface area (Å²) < 4.78 is 0. The molecule has 1 aromatic heterocycles. The van der Waals surface area contributed by atoms with Crippen LogP contribution in [0.3, 0.4) is 0 Å². The molecule has 21 heavy (non-hydrogen) atoms. The fourth-order valence-corrected chi connectivity index (χ4v) is 3.21. The van der Waals surface area contributed by atoms with Crippen molar-refractivity contribution in [2.24, 2.45) is 5.73 Å². The minimum atomic E-state index is -0.286. The Hall–Kier alpha value is -1.78. The van der Waals surface area contributed by atoms with Gasteiger partial charge in [-0.15, -0.1) is 6.42 Å².